The SMILES string of the molecule is CC(C)CNCc1cnn(CCS(=O)(=O)C(C)(C)C)c1. The van der Waals surface area contributed by atoms with E-state index in [9.17, 15) is 8.42 Å². The summed E-state index contributed by atoms with van der Waals surface area (Å²) in [4.78, 5) is 0. The van der Waals surface area contributed by atoms with Crippen LogP contribution in [0.5, 0.6) is 0 Å². The molecule has 0 saturated carbocycles. The second kappa shape index (κ2) is 6.72. The van der Waals surface area contributed by atoms with Gasteiger partial charge >= 0.3 is 0 Å². The molecule has 1 heterocycles. The lowest BCUT2D eigenvalue weighted by Crippen LogP contribution is -2.32. The summed E-state index contributed by atoms with van der Waals surface area (Å²) in [6, 6.07) is 0. The van der Waals surface area contributed by atoms with Crippen LogP contribution in [0.4, 0.5) is 0 Å². The summed E-state index contributed by atoms with van der Waals surface area (Å²) in [6.45, 7) is 11.6. The monoisotopic (exact) mass is 301 g/mol. The van der Waals surface area contributed by atoms with Gasteiger partial charge in [0.25, 0.3) is 0 Å². The third kappa shape index (κ3) is 5.25. The normalized spacial score (nSPS) is 13.1. The van der Waals surface area contributed by atoms with E-state index in [4.69, 9.17) is 0 Å². The van der Waals surface area contributed by atoms with Gasteiger partial charge in [0.2, 0.25) is 0 Å². The molecule has 0 fully saturated rings. The third-order valence-corrected chi connectivity index (χ3v) is 5.68. The van der Waals surface area contributed by atoms with E-state index in [1.165, 1.54) is 0 Å². The van der Waals surface area contributed by atoms with Crippen LogP contribution in [0.2, 0.25) is 0 Å². The number of nitrogens with one attached hydrogen (secondary N) is 1. The van der Waals surface area contributed by atoms with E-state index in [0.717, 1.165) is 18.7 Å². The molecule has 20 heavy (non-hydrogen) atoms. The molecule has 0 saturated heterocycles. The summed E-state index contributed by atoms with van der Waals surface area (Å²) in [7, 11) is -3.09. The molecule has 1 N–H and O–H groups in total. The third-order valence-electron chi connectivity index (χ3n) is 3.09. The molecule has 6 heteroatoms. The molecule has 0 radical (unpaired) electrons. The number of hydrogen-bond acceptors (Lipinski definition) is 4. The Bertz CT molecular complexity index is 513. The van der Waals surface area contributed by atoms with Crippen molar-refractivity contribution in [3.05, 3.63) is 18.0 Å². The molecule has 0 aliphatic rings. The first-order valence-electron chi connectivity index (χ1n) is 7.06. The minimum Gasteiger partial charge on any atom is -0.312 e. The lowest BCUT2D eigenvalue weighted by Gasteiger charge is -2.18. The van der Waals surface area contributed by atoms with Crippen LogP contribution in [0.25, 0.3) is 0 Å². The van der Waals surface area contributed by atoms with Crippen molar-refractivity contribution < 1.29 is 8.42 Å². The van der Waals surface area contributed by atoms with Crippen molar-refractivity contribution in [2.75, 3.05) is 12.3 Å². The molecule has 0 aromatic carbocycles. The van der Waals surface area contributed by atoms with Gasteiger partial charge in [-0.15, -0.1) is 0 Å². The lowest BCUT2D eigenvalue weighted by molar-refractivity contribution is 0.546. The minimum absolute atomic E-state index is 0.122. The van der Waals surface area contributed by atoms with Gasteiger partial charge in [0.05, 0.1) is 23.2 Å². The standard InChI is InChI=1S/C14H27N3O2S/c1-12(2)8-15-9-13-10-16-17(11-13)6-7-20(18,19)14(3,4)5/h10-12,15H,6-9H2,1-5H3. The predicted octanol–water partition coefficient (Wildman–Crippen LogP) is 1.84. The fourth-order valence-corrected chi connectivity index (χ4v) is 2.68. The van der Waals surface area contributed by atoms with Crippen LogP contribution in [0.15, 0.2) is 12.4 Å². The van der Waals surface area contributed by atoms with Gasteiger partial charge < -0.3 is 5.32 Å². The van der Waals surface area contributed by atoms with E-state index in [2.05, 4.69) is 24.3 Å². The van der Waals surface area contributed by atoms with Crippen LogP contribution in [0.3, 0.4) is 0 Å². The highest BCUT2D eigenvalue weighted by molar-refractivity contribution is 7.92. The number of aryl methyl sites for hydroxylation is 1. The van der Waals surface area contributed by atoms with E-state index in [1.807, 2.05) is 6.20 Å². The van der Waals surface area contributed by atoms with Crippen LogP contribution < -0.4 is 5.32 Å². The van der Waals surface area contributed by atoms with Gasteiger partial charge in [-0.2, -0.15) is 5.10 Å². The topological polar surface area (TPSA) is 64.0 Å². The van der Waals surface area contributed by atoms with E-state index in [1.54, 1.807) is 31.6 Å². The average Bonchev–Trinajstić information content (AvgIpc) is 2.72. The molecule has 0 atom stereocenters. The predicted molar refractivity (Wildman–Crippen MR) is 82.3 cm³/mol. The Morgan fingerprint density at radius 2 is 2.00 bits per heavy atom. The van der Waals surface area contributed by atoms with E-state index >= 15 is 0 Å². The van der Waals surface area contributed by atoms with Crippen LogP contribution in [0, 0.1) is 5.92 Å². The van der Waals surface area contributed by atoms with Crippen LogP contribution in [0.1, 0.15) is 40.2 Å². The Kier molecular flexibility index (Phi) is 5.77. The number of hydrogen-bond donors (Lipinski definition) is 1. The summed E-state index contributed by atoms with van der Waals surface area (Å²) >= 11 is 0. The summed E-state index contributed by atoms with van der Waals surface area (Å²) in [5.74, 6) is 0.735. The molecular weight excluding hydrogens is 274 g/mol. The molecule has 5 nitrogen and oxygen atoms in total. The number of aromatic nitrogens is 2. The molecule has 0 aliphatic heterocycles. The van der Waals surface area contributed by atoms with Crippen molar-refractivity contribution in [1.29, 1.82) is 0 Å². The van der Waals surface area contributed by atoms with Crippen molar-refractivity contribution in [2.24, 2.45) is 5.92 Å². The smallest absolute Gasteiger partial charge is 0.157 e. The van der Waals surface area contributed by atoms with Crippen molar-refractivity contribution >= 4 is 9.84 Å². The van der Waals surface area contributed by atoms with E-state index < -0.39 is 14.6 Å². The minimum atomic E-state index is -3.09. The van der Waals surface area contributed by atoms with Gasteiger partial charge in [-0.05, 0) is 33.2 Å². The highest BCUT2D eigenvalue weighted by atomic mass is 32.2. The molecular formula is C14H27N3O2S. The van der Waals surface area contributed by atoms with Gasteiger partial charge in [0.1, 0.15) is 0 Å². The first kappa shape index (κ1) is 17.2. The molecule has 0 bridgehead atoms. The maximum Gasteiger partial charge on any atom is 0.157 e. The van der Waals surface area contributed by atoms with Gasteiger partial charge in [-0.3, -0.25) is 4.68 Å². The van der Waals surface area contributed by atoms with Gasteiger partial charge in [-0.25, -0.2) is 8.42 Å². The largest absolute Gasteiger partial charge is 0.312 e. The Morgan fingerprint density at radius 3 is 2.55 bits per heavy atom. The molecule has 1 rings (SSSR count). The maximum atomic E-state index is 12.0. The molecule has 0 unspecified atom stereocenters. The van der Waals surface area contributed by atoms with Crippen molar-refractivity contribution in [3.8, 4) is 0 Å². The zero-order valence-electron chi connectivity index (χ0n) is 13.2. The van der Waals surface area contributed by atoms with Crippen molar-refractivity contribution in [1.82, 2.24) is 15.1 Å². The Labute approximate surface area is 122 Å². The highest BCUT2D eigenvalue weighted by Crippen LogP contribution is 2.16. The zero-order valence-corrected chi connectivity index (χ0v) is 14.0. The fraction of sp³-hybridized carbons (Fsp3) is 0.786. The Balaban J connectivity index is 2.49. The number of nitrogens with zero attached hydrogens (tertiary/aromatic N) is 2. The summed E-state index contributed by atoms with van der Waals surface area (Å²) in [5, 5.41) is 7.55. The molecule has 116 valence electrons. The second-order valence-electron chi connectivity index (χ2n) is 6.57. The van der Waals surface area contributed by atoms with Crippen LogP contribution >= 0.6 is 0 Å². The first-order chi connectivity index (χ1) is 9.12. The molecule has 0 spiro atoms. The summed E-state index contributed by atoms with van der Waals surface area (Å²) < 4.78 is 25.0. The van der Waals surface area contributed by atoms with Crippen LogP contribution in [-0.4, -0.2) is 35.2 Å². The van der Waals surface area contributed by atoms with E-state index in [-0.39, 0.29) is 5.75 Å². The summed E-state index contributed by atoms with van der Waals surface area (Å²) in [5.41, 5.74) is 1.08. The van der Waals surface area contributed by atoms with Gasteiger partial charge in [0.15, 0.2) is 9.84 Å². The molecule has 0 amide bonds. The van der Waals surface area contributed by atoms with Crippen LogP contribution in [-0.2, 0) is 22.9 Å². The highest BCUT2D eigenvalue weighted by Gasteiger charge is 2.28. The van der Waals surface area contributed by atoms with Gasteiger partial charge in [-0.1, -0.05) is 13.8 Å². The lowest BCUT2D eigenvalue weighted by atomic mass is 10.2. The number of sulfone groups is 1. The van der Waals surface area contributed by atoms with Gasteiger partial charge in [0, 0.05) is 18.3 Å². The molecule has 1 aromatic heterocycles. The summed E-state index contributed by atoms with van der Waals surface area (Å²) in [6.07, 6.45) is 3.70. The first-order valence-corrected chi connectivity index (χ1v) is 8.71. The fourth-order valence-electron chi connectivity index (χ4n) is 1.65. The number of rotatable bonds is 7. The average molecular weight is 301 g/mol. The van der Waals surface area contributed by atoms with Crippen molar-refractivity contribution in [3.63, 3.8) is 0 Å². The zero-order chi connectivity index (χ0) is 15.4. The Morgan fingerprint density at radius 1 is 1.35 bits per heavy atom. The molecule has 1 aromatic rings. The maximum absolute atomic E-state index is 12.0. The van der Waals surface area contributed by atoms with Crippen molar-refractivity contribution in [2.45, 2.75) is 52.5 Å². The second-order valence-corrected chi connectivity index (χ2v) is 9.43. The molecule has 0 aliphatic carbocycles. The quantitative estimate of drug-likeness (QED) is 0.834. The van der Waals surface area contributed by atoms with E-state index in [0.29, 0.717) is 12.5 Å². The Hall–Kier alpha value is -0.880.